The van der Waals surface area contributed by atoms with E-state index in [1.54, 1.807) is 17.2 Å². The number of likely N-dealkylation sites (N-methyl/N-ethyl adjacent to an activating group) is 1. The van der Waals surface area contributed by atoms with Gasteiger partial charge in [0.2, 0.25) is 0 Å². The quantitative estimate of drug-likeness (QED) is 0.833. The van der Waals surface area contributed by atoms with E-state index >= 15 is 0 Å². The standard InChI is InChI=1S/C14H22N6O2/c1-10(13-18-16-9-20(13)4)17-14(21)15-8-11(19(2)3)12-6-5-7-22-12/h5-7,9-11H,8H2,1-4H3,(H2,15,17,21)/t10-,11+/m1/s1. The van der Waals surface area contributed by atoms with Gasteiger partial charge in [-0.25, -0.2) is 4.79 Å². The van der Waals surface area contributed by atoms with Crippen LogP contribution < -0.4 is 10.6 Å². The lowest BCUT2D eigenvalue weighted by Gasteiger charge is -2.23. The van der Waals surface area contributed by atoms with Crippen molar-refractivity contribution in [2.24, 2.45) is 7.05 Å². The topological polar surface area (TPSA) is 88.2 Å². The zero-order valence-corrected chi connectivity index (χ0v) is 13.3. The third kappa shape index (κ3) is 3.85. The van der Waals surface area contributed by atoms with Crippen molar-refractivity contribution < 1.29 is 9.21 Å². The molecule has 0 aromatic carbocycles. The number of hydrogen-bond donors (Lipinski definition) is 2. The van der Waals surface area contributed by atoms with Crippen molar-refractivity contribution in [1.82, 2.24) is 30.3 Å². The van der Waals surface area contributed by atoms with Gasteiger partial charge in [-0.3, -0.25) is 4.90 Å². The number of amides is 2. The van der Waals surface area contributed by atoms with Crippen molar-refractivity contribution in [2.75, 3.05) is 20.6 Å². The van der Waals surface area contributed by atoms with E-state index < -0.39 is 0 Å². The third-order valence-corrected chi connectivity index (χ3v) is 3.43. The molecule has 22 heavy (non-hydrogen) atoms. The average Bonchev–Trinajstić information content (AvgIpc) is 3.10. The van der Waals surface area contributed by atoms with E-state index in [1.165, 1.54) is 0 Å². The molecule has 0 aliphatic rings. The van der Waals surface area contributed by atoms with Gasteiger partial charge in [-0.1, -0.05) is 0 Å². The normalized spacial score (nSPS) is 13.9. The van der Waals surface area contributed by atoms with Crippen LogP contribution in [0.2, 0.25) is 0 Å². The van der Waals surface area contributed by atoms with Crippen molar-refractivity contribution in [2.45, 2.75) is 19.0 Å². The van der Waals surface area contributed by atoms with Gasteiger partial charge in [0.05, 0.1) is 18.3 Å². The first kappa shape index (κ1) is 16.0. The van der Waals surface area contributed by atoms with E-state index in [4.69, 9.17) is 4.42 Å². The van der Waals surface area contributed by atoms with E-state index in [2.05, 4.69) is 20.8 Å². The summed E-state index contributed by atoms with van der Waals surface area (Å²) >= 11 is 0. The first-order valence-electron chi connectivity index (χ1n) is 7.07. The Kier molecular flexibility index (Phi) is 5.16. The molecule has 0 unspecified atom stereocenters. The molecule has 2 amide bonds. The van der Waals surface area contributed by atoms with E-state index in [1.807, 2.05) is 45.1 Å². The largest absolute Gasteiger partial charge is 0.468 e. The van der Waals surface area contributed by atoms with Gasteiger partial charge in [-0.15, -0.1) is 10.2 Å². The number of aromatic nitrogens is 3. The number of furan rings is 1. The van der Waals surface area contributed by atoms with E-state index in [0.29, 0.717) is 12.4 Å². The van der Waals surface area contributed by atoms with Crippen LogP contribution in [0, 0.1) is 0 Å². The molecule has 2 N–H and O–H groups in total. The highest BCUT2D eigenvalue weighted by atomic mass is 16.3. The van der Waals surface area contributed by atoms with Crippen molar-refractivity contribution in [3.05, 3.63) is 36.3 Å². The molecule has 8 nitrogen and oxygen atoms in total. The number of hydrogen-bond acceptors (Lipinski definition) is 5. The van der Waals surface area contributed by atoms with Crippen molar-refractivity contribution in [1.29, 1.82) is 0 Å². The van der Waals surface area contributed by atoms with Gasteiger partial charge in [0.15, 0.2) is 5.82 Å². The predicted molar refractivity (Wildman–Crippen MR) is 81.1 cm³/mol. The highest BCUT2D eigenvalue weighted by Crippen LogP contribution is 2.17. The first-order chi connectivity index (χ1) is 10.5. The highest BCUT2D eigenvalue weighted by molar-refractivity contribution is 5.74. The lowest BCUT2D eigenvalue weighted by atomic mass is 10.2. The average molecular weight is 306 g/mol. The molecular weight excluding hydrogens is 284 g/mol. The molecule has 2 rings (SSSR count). The van der Waals surface area contributed by atoms with Crippen LogP contribution >= 0.6 is 0 Å². The number of rotatable bonds is 6. The maximum atomic E-state index is 12.0. The fourth-order valence-corrected chi connectivity index (χ4v) is 2.20. The van der Waals surface area contributed by atoms with Crippen LogP contribution in [-0.2, 0) is 7.05 Å². The molecule has 0 spiro atoms. The number of carbonyl (C=O) groups is 1. The molecule has 8 heteroatoms. The molecule has 0 fully saturated rings. The molecule has 0 radical (unpaired) electrons. The lowest BCUT2D eigenvalue weighted by Crippen LogP contribution is -2.41. The number of nitrogens with zero attached hydrogens (tertiary/aromatic N) is 4. The van der Waals surface area contributed by atoms with E-state index in [-0.39, 0.29) is 18.1 Å². The summed E-state index contributed by atoms with van der Waals surface area (Å²) < 4.78 is 7.18. The Morgan fingerprint density at radius 2 is 2.27 bits per heavy atom. The van der Waals surface area contributed by atoms with Crippen LogP contribution in [0.15, 0.2) is 29.1 Å². The minimum absolute atomic E-state index is 0.0223. The second-order valence-corrected chi connectivity index (χ2v) is 5.37. The lowest BCUT2D eigenvalue weighted by molar-refractivity contribution is 0.222. The molecule has 2 aromatic heterocycles. The van der Waals surface area contributed by atoms with Crippen LogP contribution in [0.1, 0.15) is 30.6 Å². The summed E-state index contributed by atoms with van der Waals surface area (Å²) in [5.41, 5.74) is 0. The predicted octanol–water partition coefficient (Wildman–Crippen LogP) is 1.07. The van der Waals surface area contributed by atoms with Gasteiger partial charge in [-0.2, -0.15) is 0 Å². The van der Waals surface area contributed by atoms with Crippen LogP contribution in [0.4, 0.5) is 4.79 Å². The van der Waals surface area contributed by atoms with E-state index in [9.17, 15) is 4.79 Å². The number of nitrogens with one attached hydrogen (secondary N) is 2. The summed E-state index contributed by atoms with van der Waals surface area (Å²) in [5, 5.41) is 13.5. The Hall–Kier alpha value is -2.35. The molecule has 120 valence electrons. The summed E-state index contributed by atoms with van der Waals surface area (Å²) in [7, 11) is 5.72. The minimum atomic E-state index is -0.256. The number of carbonyl (C=O) groups excluding carboxylic acids is 1. The summed E-state index contributed by atoms with van der Waals surface area (Å²) in [6.45, 7) is 2.30. The first-order valence-corrected chi connectivity index (χ1v) is 7.07. The molecule has 0 saturated heterocycles. The van der Waals surface area contributed by atoms with Gasteiger partial charge >= 0.3 is 6.03 Å². The molecule has 2 heterocycles. The van der Waals surface area contributed by atoms with Gasteiger partial charge in [0, 0.05) is 13.6 Å². The van der Waals surface area contributed by atoms with E-state index in [0.717, 1.165) is 5.76 Å². The van der Waals surface area contributed by atoms with Crippen molar-refractivity contribution >= 4 is 6.03 Å². The number of aryl methyl sites for hydroxylation is 1. The van der Waals surface area contributed by atoms with Crippen LogP contribution in [0.25, 0.3) is 0 Å². The highest BCUT2D eigenvalue weighted by Gasteiger charge is 2.19. The smallest absolute Gasteiger partial charge is 0.315 e. The van der Waals surface area contributed by atoms with Crippen molar-refractivity contribution in [3.8, 4) is 0 Å². The Balaban J connectivity index is 1.88. The van der Waals surface area contributed by atoms with Gasteiger partial charge in [0.25, 0.3) is 0 Å². The maximum Gasteiger partial charge on any atom is 0.315 e. The monoisotopic (exact) mass is 306 g/mol. The van der Waals surface area contributed by atoms with Crippen molar-refractivity contribution in [3.63, 3.8) is 0 Å². The zero-order chi connectivity index (χ0) is 16.1. The molecule has 0 bridgehead atoms. The molecule has 2 aromatic rings. The Labute approximate surface area is 129 Å². The Bertz CT molecular complexity index is 592. The fraction of sp³-hybridized carbons (Fsp3) is 0.500. The SMILES string of the molecule is C[C@@H](NC(=O)NC[C@@H](c1ccco1)N(C)C)c1nncn1C. The van der Waals surface area contributed by atoms with Crippen LogP contribution in [0.5, 0.6) is 0 Å². The van der Waals surface area contributed by atoms with Gasteiger partial charge in [0.1, 0.15) is 12.1 Å². The third-order valence-electron chi connectivity index (χ3n) is 3.43. The molecule has 2 atom stereocenters. The number of urea groups is 1. The summed E-state index contributed by atoms with van der Waals surface area (Å²) in [6.07, 6.45) is 3.23. The van der Waals surface area contributed by atoms with Crippen LogP contribution in [0.3, 0.4) is 0 Å². The zero-order valence-electron chi connectivity index (χ0n) is 13.3. The molecule has 0 aliphatic heterocycles. The Morgan fingerprint density at radius 3 is 2.82 bits per heavy atom. The second-order valence-electron chi connectivity index (χ2n) is 5.37. The fourth-order valence-electron chi connectivity index (χ4n) is 2.20. The van der Waals surface area contributed by atoms with Crippen LogP contribution in [-0.4, -0.2) is 46.3 Å². The van der Waals surface area contributed by atoms with Gasteiger partial charge in [-0.05, 0) is 33.2 Å². The summed E-state index contributed by atoms with van der Waals surface area (Å²) in [6, 6.07) is 3.22. The summed E-state index contributed by atoms with van der Waals surface area (Å²) in [5.74, 6) is 1.51. The Morgan fingerprint density at radius 1 is 1.50 bits per heavy atom. The summed E-state index contributed by atoms with van der Waals surface area (Å²) in [4.78, 5) is 14.0. The second kappa shape index (κ2) is 7.08. The molecule has 0 aliphatic carbocycles. The maximum absolute atomic E-state index is 12.0. The minimum Gasteiger partial charge on any atom is -0.468 e. The molecule has 0 saturated carbocycles. The van der Waals surface area contributed by atoms with Gasteiger partial charge < -0.3 is 19.6 Å². The molecular formula is C14H22N6O2.